The molecule has 0 radical (unpaired) electrons. The normalized spacial score (nSPS) is 12.2. The Morgan fingerprint density at radius 3 is 3.00 bits per heavy atom. The molecule has 2 N–H and O–H groups in total. The van der Waals surface area contributed by atoms with Gasteiger partial charge >= 0.3 is 5.97 Å². The molecule has 94 valence electrons. The highest BCUT2D eigenvalue weighted by atomic mass is 32.1. The minimum absolute atomic E-state index is 0.0611. The lowest BCUT2D eigenvalue weighted by atomic mass is 10.1. The van der Waals surface area contributed by atoms with Gasteiger partial charge in [-0.1, -0.05) is 6.07 Å². The van der Waals surface area contributed by atoms with Crippen LogP contribution in [0.1, 0.15) is 23.0 Å². The van der Waals surface area contributed by atoms with Gasteiger partial charge in [0.2, 0.25) is 0 Å². The number of aromatic nitrogens is 2. The number of thiophene rings is 1. The topological polar surface area (TPSA) is 75.1 Å². The van der Waals surface area contributed by atoms with Gasteiger partial charge in [-0.25, -0.2) is 9.97 Å². The van der Waals surface area contributed by atoms with E-state index in [1.165, 1.54) is 6.33 Å². The molecular weight excluding hydrogens is 250 g/mol. The number of nitrogens with zero attached hydrogens (tertiary/aromatic N) is 2. The molecule has 0 fully saturated rings. The zero-order valence-corrected chi connectivity index (χ0v) is 10.4. The van der Waals surface area contributed by atoms with Gasteiger partial charge in [0.15, 0.2) is 0 Å². The number of carboxylic acids is 1. The predicted molar refractivity (Wildman–Crippen MR) is 68.2 cm³/mol. The van der Waals surface area contributed by atoms with Crippen molar-refractivity contribution in [3.63, 3.8) is 0 Å². The highest BCUT2D eigenvalue weighted by Gasteiger charge is 2.15. The summed E-state index contributed by atoms with van der Waals surface area (Å²) in [4.78, 5) is 19.8. The number of nitrogens with one attached hydrogen (secondary N) is 1. The highest BCUT2D eigenvalue weighted by molar-refractivity contribution is 7.10. The van der Waals surface area contributed by atoms with Gasteiger partial charge in [0.1, 0.15) is 6.33 Å². The third-order valence-corrected chi connectivity index (χ3v) is 3.42. The minimum atomic E-state index is -0.816. The number of rotatable bonds is 6. The van der Waals surface area contributed by atoms with E-state index in [2.05, 4.69) is 15.3 Å². The summed E-state index contributed by atoms with van der Waals surface area (Å²) >= 11 is 1.55. The summed E-state index contributed by atoms with van der Waals surface area (Å²) in [5.74, 6) is -0.816. The largest absolute Gasteiger partial charge is 0.481 e. The molecule has 0 aromatic carbocycles. The van der Waals surface area contributed by atoms with Gasteiger partial charge in [0, 0.05) is 17.6 Å². The van der Waals surface area contributed by atoms with Crippen LogP contribution >= 0.6 is 11.3 Å². The molecule has 0 saturated heterocycles. The van der Waals surface area contributed by atoms with Crippen molar-refractivity contribution in [3.8, 4) is 0 Å². The first kappa shape index (κ1) is 12.7. The summed E-state index contributed by atoms with van der Waals surface area (Å²) in [6, 6.07) is 5.48. The molecule has 0 aliphatic carbocycles. The molecule has 5 nitrogen and oxygen atoms in total. The van der Waals surface area contributed by atoms with Crippen LogP contribution in [0.4, 0.5) is 0 Å². The van der Waals surface area contributed by atoms with Crippen LogP contribution in [0.15, 0.2) is 36.1 Å². The zero-order valence-electron chi connectivity index (χ0n) is 9.61. The van der Waals surface area contributed by atoms with Crippen LogP contribution in [0.25, 0.3) is 0 Å². The highest BCUT2D eigenvalue weighted by Crippen LogP contribution is 2.22. The Morgan fingerprint density at radius 2 is 2.39 bits per heavy atom. The molecule has 2 rings (SSSR count). The number of hydrogen-bond acceptors (Lipinski definition) is 5. The Balaban J connectivity index is 2.00. The Kier molecular flexibility index (Phi) is 4.38. The first-order valence-corrected chi connectivity index (χ1v) is 6.37. The second-order valence-electron chi connectivity index (χ2n) is 3.75. The molecule has 0 saturated carbocycles. The molecule has 0 spiro atoms. The van der Waals surface area contributed by atoms with Gasteiger partial charge in [-0.2, -0.15) is 0 Å². The first-order valence-electron chi connectivity index (χ1n) is 5.49. The monoisotopic (exact) mass is 263 g/mol. The number of carbonyl (C=O) groups is 1. The van der Waals surface area contributed by atoms with Crippen LogP contribution < -0.4 is 5.32 Å². The van der Waals surface area contributed by atoms with E-state index in [0.717, 1.165) is 10.6 Å². The van der Waals surface area contributed by atoms with Crippen LogP contribution in [-0.2, 0) is 11.3 Å². The van der Waals surface area contributed by atoms with E-state index in [1.54, 1.807) is 23.6 Å². The standard InChI is InChI=1S/C12H13N3O2S/c16-12(17)6-10(11-2-1-5-18-11)14-7-9-3-4-13-8-15-9/h1-5,8,10,14H,6-7H2,(H,16,17). The van der Waals surface area contributed by atoms with Crippen LogP contribution in [0.3, 0.4) is 0 Å². The van der Waals surface area contributed by atoms with Crippen molar-refractivity contribution >= 4 is 17.3 Å². The maximum Gasteiger partial charge on any atom is 0.305 e. The summed E-state index contributed by atoms with van der Waals surface area (Å²) in [6.07, 6.45) is 3.21. The Bertz CT molecular complexity index is 487. The fourth-order valence-corrected chi connectivity index (χ4v) is 2.39. The molecule has 18 heavy (non-hydrogen) atoms. The molecule has 0 aliphatic heterocycles. The van der Waals surface area contributed by atoms with Crippen molar-refractivity contribution in [2.45, 2.75) is 19.0 Å². The van der Waals surface area contributed by atoms with E-state index < -0.39 is 5.97 Å². The molecular formula is C12H13N3O2S. The van der Waals surface area contributed by atoms with E-state index in [9.17, 15) is 4.79 Å². The maximum atomic E-state index is 10.9. The minimum Gasteiger partial charge on any atom is -0.481 e. The molecule has 0 bridgehead atoms. The van der Waals surface area contributed by atoms with Crippen molar-refractivity contribution in [2.75, 3.05) is 0 Å². The average molecular weight is 263 g/mol. The van der Waals surface area contributed by atoms with Crippen molar-refractivity contribution in [1.29, 1.82) is 0 Å². The van der Waals surface area contributed by atoms with Crippen LogP contribution in [0, 0.1) is 0 Å². The third kappa shape index (κ3) is 3.61. The molecule has 2 aromatic rings. The summed E-state index contributed by atoms with van der Waals surface area (Å²) in [7, 11) is 0. The molecule has 0 aliphatic rings. The van der Waals surface area contributed by atoms with E-state index in [0.29, 0.717) is 6.54 Å². The quantitative estimate of drug-likeness (QED) is 0.831. The maximum absolute atomic E-state index is 10.9. The fraction of sp³-hybridized carbons (Fsp3) is 0.250. The lowest BCUT2D eigenvalue weighted by Gasteiger charge is -2.14. The van der Waals surface area contributed by atoms with Gasteiger partial charge in [-0.3, -0.25) is 4.79 Å². The van der Waals surface area contributed by atoms with Gasteiger partial charge in [0.05, 0.1) is 18.2 Å². The van der Waals surface area contributed by atoms with Gasteiger partial charge in [-0.05, 0) is 17.5 Å². The second kappa shape index (κ2) is 6.23. The zero-order chi connectivity index (χ0) is 12.8. The van der Waals surface area contributed by atoms with Crippen molar-refractivity contribution in [2.24, 2.45) is 0 Å². The smallest absolute Gasteiger partial charge is 0.305 e. The molecule has 6 heteroatoms. The molecule has 2 heterocycles. The lowest BCUT2D eigenvalue weighted by molar-refractivity contribution is -0.137. The SMILES string of the molecule is O=C(O)CC(NCc1ccncn1)c1cccs1. The van der Waals surface area contributed by atoms with E-state index in [1.807, 2.05) is 17.5 Å². The van der Waals surface area contributed by atoms with Crippen LogP contribution in [-0.4, -0.2) is 21.0 Å². The van der Waals surface area contributed by atoms with Crippen molar-refractivity contribution in [3.05, 3.63) is 46.7 Å². The van der Waals surface area contributed by atoms with E-state index >= 15 is 0 Å². The Labute approximate surface area is 109 Å². The number of aliphatic carboxylic acids is 1. The van der Waals surface area contributed by atoms with Gasteiger partial charge < -0.3 is 10.4 Å². The van der Waals surface area contributed by atoms with Crippen molar-refractivity contribution in [1.82, 2.24) is 15.3 Å². The van der Waals surface area contributed by atoms with Crippen LogP contribution in [0.5, 0.6) is 0 Å². The number of hydrogen-bond donors (Lipinski definition) is 2. The Morgan fingerprint density at radius 1 is 1.50 bits per heavy atom. The predicted octanol–water partition coefficient (Wildman–Crippen LogP) is 1.84. The van der Waals surface area contributed by atoms with Gasteiger partial charge in [0.25, 0.3) is 0 Å². The van der Waals surface area contributed by atoms with Gasteiger partial charge in [-0.15, -0.1) is 11.3 Å². The second-order valence-corrected chi connectivity index (χ2v) is 4.73. The number of carboxylic acid groups (broad SMARTS) is 1. The van der Waals surface area contributed by atoms with E-state index in [-0.39, 0.29) is 12.5 Å². The molecule has 0 amide bonds. The third-order valence-electron chi connectivity index (χ3n) is 2.44. The average Bonchev–Trinajstić information content (AvgIpc) is 2.89. The molecule has 2 aromatic heterocycles. The summed E-state index contributed by atoms with van der Waals surface area (Å²) in [5, 5.41) is 14.1. The van der Waals surface area contributed by atoms with Crippen LogP contribution in [0.2, 0.25) is 0 Å². The molecule has 1 unspecified atom stereocenters. The first-order chi connectivity index (χ1) is 8.75. The van der Waals surface area contributed by atoms with Crippen molar-refractivity contribution < 1.29 is 9.90 Å². The summed E-state index contributed by atoms with van der Waals surface area (Å²) in [5.41, 5.74) is 0.844. The summed E-state index contributed by atoms with van der Waals surface area (Å²) in [6.45, 7) is 0.526. The fourth-order valence-electron chi connectivity index (χ4n) is 1.59. The summed E-state index contributed by atoms with van der Waals surface area (Å²) < 4.78 is 0. The van der Waals surface area contributed by atoms with E-state index in [4.69, 9.17) is 5.11 Å². The molecule has 1 atom stereocenters. The lowest BCUT2D eigenvalue weighted by Crippen LogP contribution is -2.23. The Hall–Kier alpha value is -1.79.